The molecule has 2 aliphatic rings. The van der Waals surface area contributed by atoms with Gasteiger partial charge in [0.1, 0.15) is 0 Å². The number of fused-ring (bicyclic) bond motifs is 1. The number of carbonyl (C=O) groups excluding carboxylic acids is 1. The summed E-state index contributed by atoms with van der Waals surface area (Å²) in [6.07, 6.45) is 0. The molecule has 9 heteroatoms. The van der Waals surface area contributed by atoms with Gasteiger partial charge >= 0.3 is 0 Å². The van der Waals surface area contributed by atoms with E-state index in [-0.39, 0.29) is 24.1 Å². The van der Waals surface area contributed by atoms with E-state index in [2.05, 4.69) is 28.7 Å². The molecule has 3 aromatic rings. The van der Waals surface area contributed by atoms with Gasteiger partial charge in [-0.05, 0) is 54.4 Å². The Morgan fingerprint density at radius 2 is 1.69 bits per heavy atom. The molecule has 0 aromatic heterocycles. The molecular formula is C26H27N3O5S. The molecule has 3 aromatic carbocycles. The summed E-state index contributed by atoms with van der Waals surface area (Å²) in [5, 5.41) is 0. The van der Waals surface area contributed by atoms with E-state index in [9.17, 15) is 13.2 Å². The Morgan fingerprint density at radius 3 is 2.49 bits per heavy atom. The highest BCUT2D eigenvalue weighted by Gasteiger charge is 2.24. The predicted molar refractivity (Wildman–Crippen MR) is 132 cm³/mol. The maximum Gasteiger partial charge on any atom is 0.254 e. The number of benzene rings is 3. The Balaban J connectivity index is 1.23. The maximum atomic E-state index is 13.1. The quantitative estimate of drug-likeness (QED) is 0.568. The second-order valence-electron chi connectivity index (χ2n) is 8.61. The fourth-order valence-electron chi connectivity index (χ4n) is 4.36. The Kier molecular flexibility index (Phi) is 6.36. The lowest BCUT2D eigenvalue weighted by molar-refractivity contribution is 0.0746. The standard InChI is InChI=1S/C26H27N3O5S/c1-19-5-2-3-8-23(19)28-11-13-29(14-12-28)26(30)21-6-4-7-22(16-21)35(31,32)27-17-20-9-10-24-25(15-20)34-18-33-24/h2-10,15-16,27H,11-14,17-18H2,1H3. The van der Waals surface area contributed by atoms with Crippen LogP contribution in [-0.4, -0.2) is 52.2 Å². The molecule has 0 atom stereocenters. The molecule has 8 nitrogen and oxygen atoms in total. The fourth-order valence-corrected chi connectivity index (χ4v) is 5.42. The summed E-state index contributed by atoms with van der Waals surface area (Å²) in [6, 6.07) is 19.7. The molecule has 0 spiro atoms. The number of nitrogens with zero attached hydrogens (tertiary/aromatic N) is 2. The summed E-state index contributed by atoms with van der Waals surface area (Å²) in [5.74, 6) is 1.07. The number of sulfonamides is 1. The van der Waals surface area contributed by atoms with Crippen molar-refractivity contribution in [2.24, 2.45) is 0 Å². The Morgan fingerprint density at radius 1 is 0.914 bits per heavy atom. The van der Waals surface area contributed by atoms with Gasteiger partial charge in [0.05, 0.1) is 4.90 Å². The van der Waals surface area contributed by atoms with Crippen molar-refractivity contribution in [3.63, 3.8) is 0 Å². The monoisotopic (exact) mass is 493 g/mol. The highest BCUT2D eigenvalue weighted by molar-refractivity contribution is 7.89. The molecule has 1 N–H and O–H groups in total. The fraction of sp³-hybridized carbons (Fsp3) is 0.269. The molecule has 0 aliphatic carbocycles. The second kappa shape index (κ2) is 9.59. The van der Waals surface area contributed by atoms with E-state index in [0.717, 1.165) is 18.7 Å². The third kappa shape index (κ3) is 4.96. The molecule has 0 bridgehead atoms. The topological polar surface area (TPSA) is 88.2 Å². The van der Waals surface area contributed by atoms with Gasteiger partial charge in [-0.15, -0.1) is 0 Å². The van der Waals surface area contributed by atoms with Crippen LogP contribution < -0.4 is 19.1 Å². The van der Waals surface area contributed by atoms with Crippen LogP contribution >= 0.6 is 0 Å². The number of ether oxygens (including phenoxy) is 2. The molecule has 1 fully saturated rings. The van der Waals surface area contributed by atoms with Crippen LogP contribution in [0.3, 0.4) is 0 Å². The van der Waals surface area contributed by atoms with Gasteiger partial charge in [0.2, 0.25) is 16.8 Å². The number of anilines is 1. The first kappa shape index (κ1) is 23.2. The molecule has 1 amide bonds. The van der Waals surface area contributed by atoms with Gasteiger partial charge in [0.15, 0.2) is 11.5 Å². The van der Waals surface area contributed by atoms with Crippen molar-refractivity contribution in [1.82, 2.24) is 9.62 Å². The van der Waals surface area contributed by atoms with Crippen LogP contribution in [0.2, 0.25) is 0 Å². The van der Waals surface area contributed by atoms with Gasteiger partial charge in [-0.25, -0.2) is 13.1 Å². The summed E-state index contributed by atoms with van der Waals surface area (Å²) < 4.78 is 39.1. The molecule has 0 radical (unpaired) electrons. The molecule has 0 saturated carbocycles. The summed E-state index contributed by atoms with van der Waals surface area (Å²) in [7, 11) is -3.81. The number of piperazine rings is 1. The zero-order chi connectivity index (χ0) is 24.4. The minimum absolute atomic E-state index is 0.0580. The summed E-state index contributed by atoms with van der Waals surface area (Å²) in [6.45, 7) is 4.94. The molecule has 2 aliphatic heterocycles. The minimum atomic E-state index is -3.81. The van der Waals surface area contributed by atoms with Crippen LogP contribution in [0.1, 0.15) is 21.5 Å². The molecule has 2 heterocycles. The van der Waals surface area contributed by atoms with Crippen LogP contribution in [0.15, 0.2) is 71.6 Å². The molecular weight excluding hydrogens is 466 g/mol. The van der Waals surface area contributed by atoms with Gasteiger partial charge in [0.25, 0.3) is 5.91 Å². The van der Waals surface area contributed by atoms with Crippen molar-refractivity contribution in [1.29, 1.82) is 0 Å². The largest absolute Gasteiger partial charge is 0.454 e. The van der Waals surface area contributed by atoms with Gasteiger partial charge in [-0.3, -0.25) is 4.79 Å². The first-order chi connectivity index (χ1) is 16.9. The van der Waals surface area contributed by atoms with Crippen LogP contribution in [0.25, 0.3) is 0 Å². The van der Waals surface area contributed by atoms with E-state index in [1.54, 1.807) is 35.2 Å². The number of para-hydroxylation sites is 1. The van der Waals surface area contributed by atoms with Crippen LogP contribution in [0, 0.1) is 6.92 Å². The predicted octanol–water partition coefficient (Wildman–Crippen LogP) is 3.16. The first-order valence-electron chi connectivity index (χ1n) is 11.5. The van der Waals surface area contributed by atoms with Gasteiger partial charge in [0, 0.05) is 44.0 Å². The second-order valence-corrected chi connectivity index (χ2v) is 10.4. The summed E-state index contributed by atoms with van der Waals surface area (Å²) in [4.78, 5) is 17.3. The lowest BCUT2D eigenvalue weighted by atomic mass is 10.1. The Bertz CT molecular complexity index is 1350. The Hall–Kier alpha value is -3.56. The normalized spacial score (nSPS) is 15.3. The zero-order valence-electron chi connectivity index (χ0n) is 19.4. The molecule has 35 heavy (non-hydrogen) atoms. The average Bonchev–Trinajstić information content (AvgIpc) is 3.36. The number of amides is 1. The number of aryl methyl sites for hydroxylation is 1. The van der Waals surface area contributed by atoms with E-state index in [0.29, 0.717) is 30.2 Å². The van der Waals surface area contributed by atoms with E-state index in [4.69, 9.17) is 9.47 Å². The van der Waals surface area contributed by atoms with Crippen molar-refractivity contribution in [3.8, 4) is 11.5 Å². The van der Waals surface area contributed by atoms with Crippen molar-refractivity contribution in [2.45, 2.75) is 18.4 Å². The third-order valence-electron chi connectivity index (χ3n) is 6.32. The number of hydrogen-bond acceptors (Lipinski definition) is 6. The van der Waals surface area contributed by atoms with E-state index >= 15 is 0 Å². The number of hydrogen-bond donors (Lipinski definition) is 1. The zero-order valence-corrected chi connectivity index (χ0v) is 20.3. The molecule has 0 unspecified atom stereocenters. The molecule has 5 rings (SSSR count). The number of rotatable bonds is 6. The van der Waals surface area contributed by atoms with E-state index < -0.39 is 10.0 Å². The van der Waals surface area contributed by atoms with Crippen molar-refractivity contribution >= 4 is 21.6 Å². The van der Waals surface area contributed by atoms with Gasteiger partial charge in [-0.1, -0.05) is 30.3 Å². The third-order valence-corrected chi connectivity index (χ3v) is 7.72. The summed E-state index contributed by atoms with van der Waals surface area (Å²) >= 11 is 0. The van der Waals surface area contributed by atoms with Gasteiger partial charge < -0.3 is 19.3 Å². The smallest absolute Gasteiger partial charge is 0.254 e. The van der Waals surface area contributed by atoms with Crippen molar-refractivity contribution in [3.05, 3.63) is 83.4 Å². The Labute approximate surface area is 205 Å². The van der Waals surface area contributed by atoms with E-state index in [1.165, 1.54) is 23.4 Å². The lowest BCUT2D eigenvalue weighted by Crippen LogP contribution is -2.49. The lowest BCUT2D eigenvalue weighted by Gasteiger charge is -2.36. The number of nitrogens with one attached hydrogen (secondary N) is 1. The molecule has 1 saturated heterocycles. The summed E-state index contributed by atoms with van der Waals surface area (Å²) in [5.41, 5.74) is 3.50. The SMILES string of the molecule is Cc1ccccc1N1CCN(C(=O)c2cccc(S(=O)(=O)NCc3ccc4c(c3)OCO4)c2)CC1. The minimum Gasteiger partial charge on any atom is -0.454 e. The highest BCUT2D eigenvalue weighted by atomic mass is 32.2. The number of carbonyl (C=O) groups is 1. The van der Waals surface area contributed by atoms with Crippen LogP contribution in [-0.2, 0) is 16.6 Å². The first-order valence-corrected chi connectivity index (χ1v) is 13.0. The van der Waals surface area contributed by atoms with Crippen molar-refractivity contribution in [2.75, 3.05) is 37.9 Å². The van der Waals surface area contributed by atoms with Crippen LogP contribution in [0.4, 0.5) is 5.69 Å². The van der Waals surface area contributed by atoms with E-state index in [1.807, 2.05) is 12.1 Å². The average molecular weight is 494 g/mol. The molecule has 182 valence electrons. The van der Waals surface area contributed by atoms with Gasteiger partial charge in [-0.2, -0.15) is 0 Å². The maximum absolute atomic E-state index is 13.1. The van der Waals surface area contributed by atoms with Crippen molar-refractivity contribution < 1.29 is 22.7 Å². The van der Waals surface area contributed by atoms with Crippen LogP contribution in [0.5, 0.6) is 11.5 Å². The highest BCUT2D eigenvalue weighted by Crippen LogP contribution is 2.32.